The van der Waals surface area contributed by atoms with E-state index in [1.165, 1.54) is 31.0 Å². The topological polar surface area (TPSA) is 95.9 Å². The number of nitrogens with zero attached hydrogens (tertiary/aromatic N) is 3. The van der Waals surface area contributed by atoms with Gasteiger partial charge < -0.3 is 4.98 Å². The molecule has 2 aliphatic carbocycles. The number of hydrogen-bond donors (Lipinski definition) is 2. The molecule has 2 N–H and O–H groups in total. The van der Waals surface area contributed by atoms with Gasteiger partial charge >= 0.3 is 5.69 Å². The monoisotopic (exact) mass is 309 g/mol. The van der Waals surface area contributed by atoms with E-state index in [4.69, 9.17) is 0 Å². The Kier molecular flexibility index (Phi) is 2.45. The zero-order valence-corrected chi connectivity index (χ0v) is 12.3. The molecule has 7 heteroatoms. The van der Waals surface area contributed by atoms with E-state index in [1.807, 2.05) is 12.1 Å². The minimum atomic E-state index is -0.518. The molecule has 116 valence electrons. The van der Waals surface area contributed by atoms with Crippen LogP contribution >= 0.6 is 0 Å². The average Bonchev–Trinajstić information content (AvgIpc) is 3.42. The second kappa shape index (κ2) is 4.41. The molecule has 0 bridgehead atoms. The molecule has 5 rings (SSSR count). The van der Waals surface area contributed by atoms with Crippen LogP contribution in [-0.2, 0) is 0 Å². The summed E-state index contributed by atoms with van der Waals surface area (Å²) in [5, 5.41) is 8.65. The maximum Gasteiger partial charge on any atom is 0.325 e. The Balaban J connectivity index is 1.67. The van der Waals surface area contributed by atoms with Crippen LogP contribution in [0.4, 0.5) is 0 Å². The standard InChI is InChI=1S/C16H15N5O2/c22-15-12(7-17-16(23)19-15)13-6-11(10-5-9(10)8-1-2-8)14-3-4-18-21(14)20-13/h3-4,6-10H,1-2,5H2,(H2,17,19,22,23)/t9-,10+/m1/s1. The number of rotatable bonds is 3. The second-order valence-corrected chi connectivity index (χ2v) is 6.52. The summed E-state index contributed by atoms with van der Waals surface area (Å²) in [6.07, 6.45) is 7.02. The van der Waals surface area contributed by atoms with Crippen molar-refractivity contribution in [3.63, 3.8) is 0 Å². The first-order valence-corrected chi connectivity index (χ1v) is 7.88. The molecule has 0 radical (unpaired) electrons. The third-order valence-corrected chi connectivity index (χ3v) is 4.98. The van der Waals surface area contributed by atoms with Crippen molar-refractivity contribution in [2.75, 3.05) is 0 Å². The van der Waals surface area contributed by atoms with Gasteiger partial charge in [0.2, 0.25) is 0 Å². The van der Waals surface area contributed by atoms with Crippen molar-refractivity contribution in [1.29, 1.82) is 0 Å². The highest BCUT2D eigenvalue weighted by atomic mass is 16.2. The molecule has 3 heterocycles. The lowest BCUT2D eigenvalue weighted by Gasteiger charge is -2.07. The molecule has 2 atom stereocenters. The van der Waals surface area contributed by atoms with E-state index in [0.717, 1.165) is 17.4 Å². The van der Waals surface area contributed by atoms with E-state index in [-0.39, 0.29) is 0 Å². The summed E-state index contributed by atoms with van der Waals surface area (Å²) in [4.78, 5) is 28.0. The summed E-state index contributed by atoms with van der Waals surface area (Å²) in [6.45, 7) is 0. The zero-order valence-electron chi connectivity index (χ0n) is 12.3. The third kappa shape index (κ3) is 2.03. The fourth-order valence-corrected chi connectivity index (χ4v) is 3.59. The van der Waals surface area contributed by atoms with Gasteiger partial charge in [-0.3, -0.25) is 9.78 Å². The minimum absolute atomic E-state index is 0.354. The number of fused-ring (bicyclic) bond motifs is 1. The number of aromatic amines is 2. The highest BCUT2D eigenvalue weighted by Crippen LogP contribution is 2.59. The van der Waals surface area contributed by atoms with Crippen LogP contribution in [-0.4, -0.2) is 24.8 Å². The van der Waals surface area contributed by atoms with Gasteiger partial charge in [0.15, 0.2) is 0 Å². The summed E-state index contributed by atoms with van der Waals surface area (Å²) in [6, 6.07) is 3.94. The minimum Gasteiger partial charge on any atom is -0.313 e. The first kappa shape index (κ1) is 12.8. The summed E-state index contributed by atoms with van der Waals surface area (Å²) in [5.74, 6) is 2.17. The second-order valence-electron chi connectivity index (χ2n) is 6.52. The number of nitrogens with one attached hydrogen (secondary N) is 2. The lowest BCUT2D eigenvalue weighted by molar-refractivity contribution is 0.688. The van der Waals surface area contributed by atoms with E-state index >= 15 is 0 Å². The van der Waals surface area contributed by atoms with Crippen LogP contribution in [0.3, 0.4) is 0 Å². The van der Waals surface area contributed by atoms with Crippen LogP contribution in [0.2, 0.25) is 0 Å². The third-order valence-electron chi connectivity index (χ3n) is 4.98. The molecule has 23 heavy (non-hydrogen) atoms. The van der Waals surface area contributed by atoms with Gasteiger partial charge in [0.1, 0.15) is 5.69 Å². The molecule has 0 spiro atoms. The molecule has 0 aliphatic heterocycles. The van der Waals surface area contributed by atoms with Gasteiger partial charge in [0.05, 0.1) is 17.3 Å². The lowest BCUT2D eigenvalue weighted by Crippen LogP contribution is -2.23. The van der Waals surface area contributed by atoms with Gasteiger partial charge in [-0.2, -0.15) is 9.73 Å². The quantitative estimate of drug-likeness (QED) is 0.762. The summed E-state index contributed by atoms with van der Waals surface area (Å²) in [5.41, 5.74) is 2.14. The molecule has 3 aromatic rings. The Morgan fingerprint density at radius 2 is 2.13 bits per heavy atom. The predicted octanol–water partition coefficient (Wildman–Crippen LogP) is 1.29. The highest BCUT2D eigenvalue weighted by molar-refractivity contribution is 5.65. The van der Waals surface area contributed by atoms with Crippen molar-refractivity contribution in [3.05, 3.63) is 50.9 Å². The maximum absolute atomic E-state index is 12.0. The summed E-state index contributed by atoms with van der Waals surface area (Å²) < 4.78 is 1.58. The van der Waals surface area contributed by atoms with Crippen LogP contribution in [0.15, 0.2) is 34.1 Å². The predicted molar refractivity (Wildman–Crippen MR) is 83.2 cm³/mol. The zero-order chi connectivity index (χ0) is 15.6. The molecule has 0 amide bonds. The molecule has 2 fully saturated rings. The number of H-pyrrole nitrogens is 2. The molecule has 0 unspecified atom stereocenters. The fraction of sp³-hybridized carbons (Fsp3) is 0.375. The number of hydrogen-bond acceptors (Lipinski definition) is 4. The Hall–Kier alpha value is -2.70. The highest BCUT2D eigenvalue weighted by Gasteiger charge is 2.48. The van der Waals surface area contributed by atoms with E-state index in [2.05, 4.69) is 20.2 Å². The molecule has 0 aromatic carbocycles. The van der Waals surface area contributed by atoms with Crippen molar-refractivity contribution in [2.45, 2.75) is 25.2 Å². The van der Waals surface area contributed by atoms with E-state index < -0.39 is 11.2 Å². The Morgan fingerprint density at radius 1 is 1.26 bits per heavy atom. The van der Waals surface area contributed by atoms with Gasteiger partial charge in [0.25, 0.3) is 5.56 Å². The van der Waals surface area contributed by atoms with Gasteiger partial charge in [-0.1, -0.05) is 0 Å². The van der Waals surface area contributed by atoms with Crippen molar-refractivity contribution < 1.29 is 0 Å². The van der Waals surface area contributed by atoms with Crippen LogP contribution < -0.4 is 11.2 Å². The number of aromatic nitrogens is 5. The van der Waals surface area contributed by atoms with Crippen molar-refractivity contribution in [3.8, 4) is 11.3 Å². The maximum atomic E-state index is 12.0. The van der Waals surface area contributed by atoms with Crippen molar-refractivity contribution in [1.82, 2.24) is 24.8 Å². The SMILES string of the molecule is O=c1[nH]cc(-c2cc([C@H]3C[C@@H]3C3CC3)c3ccnn3n2)c(=O)[nH]1. The van der Waals surface area contributed by atoms with Crippen molar-refractivity contribution in [2.24, 2.45) is 11.8 Å². The van der Waals surface area contributed by atoms with E-state index in [0.29, 0.717) is 17.2 Å². The first-order chi connectivity index (χ1) is 11.2. The first-order valence-electron chi connectivity index (χ1n) is 7.88. The van der Waals surface area contributed by atoms with Crippen LogP contribution in [0.25, 0.3) is 16.8 Å². The lowest BCUT2D eigenvalue weighted by atomic mass is 10.1. The molecule has 2 saturated carbocycles. The Morgan fingerprint density at radius 3 is 2.91 bits per heavy atom. The molecular weight excluding hydrogens is 294 g/mol. The van der Waals surface area contributed by atoms with Crippen LogP contribution in [0.1, 0.15) is 30.7 Å². The van der Waals surface area contributed by atoms with Gasteiger partial charge in [-0.05, 0) is 54.7 Å². The van der Waals surface area contributed by atoms with Crippen molar-refractivity contribution >= 4 is 5.52 Å². The molecule has 0 saturated heterocycles. The molecule has 3 aromatic heterocycles. The fourth-order valence-electron chi connectivity index (χ4n) is 3.59. The van der Waals surface area contributed by atoms with Gasteiger partial charge in [0, 0.05) is 6.20 Å². The molecule has 2 aliphatic rings. The average molecular weight is 309 g/mol. The molecular formula is C16H15N5O2. The van der Waals surface area contributed by atoms with Gasteiger partial charge in [-0.25, -0.2) is 4.79 Å². The Labute approximate surface area is 130 Å². The largest absolute Gasteiger partial charge is 0.325 e. The van der Waals surface area contributed by atoms with Crippen LogP contribution in [0, 0.1) is 11.8 Å². The smallest absolute Gasteiger partial charge is 0.313 e. The van der Waals surface area contributed by atoms with E-state index in [9.17, 15) is 9.59 Å². The van der Waals surface area contributed by atoms with E-state index in [1.54, 1.807) is 10.8 Å². The normalized spacial score (nSPS) is 23.3. The Bertz CT molecular complexity index is 1030. The molecule has 7 nitrogen and oxygen atoms in total. The van der Waals surface area contributed by atoms with Gasteiger partial charge in [-0.15, -0.1) is 5.10 Å². The summed E-state index contributed by atoms with van der Waals surface area (Å²) >= 11 is 0. The summed E-state index contributed by atoms with van der Waals surface area (Å²) in [7, 11) is 0. The van der Waals surface area contributed by atoms with Crippen LogP contribution in [0.5, 0.6) is 0 Å².